The minimum Gasteiger partial charge on any atom is -0.379 e. The summed E-state index contributed by atoms with van der Waals surface area (Å²) >= 11 is 0. The van der Waals surface area contributed by atoms with Crippen LogP contribution in [0.2, 0.25) is 0 Å². The van der Waals surface area contributed by atoms with Gasteiger partial charge >= 0.3 is 6.03 Å². The first-order valence-corrected chi connectivity index (χ1v) is 8.88. The highest BCUT2D eigenvalue weighted by atomic mass is 16.5. The molecule has 0 aromatic carbocycles. The molecule has 2 bridgehead atoms. The number of likely N-dealkylation sites (tertiary alicyclic amines) is 1. The van der Waals surface area contributed by atoms with Gasteiger partial charge in [-0.3, -0.25) is 5.10 Å². The molecule has 124 valence electrons. The van der Waals surface area contributed by atoms with E-state index in [0.29, 0.717) is 17.8 Å². The van der Waals surface area contributed by atoms with Gasteiger partial charge in [-0.25, -0.2) is 4.79 Å². The van der Waals surface area contributed by atoms with Crippen molar-refractivity contribution in [2.24, 2.45) is 17.8 Å². The van der Waals surface area contributed by atoms with Crippen LogP contribution in [0.1, 0.15) is 43.0 Å². The quantitative estimate of drug-likeness (QED) is 0.875. The number of aromatic amines is 1. The van der Waals surface area contributed by atoms with E-state index in [-0.39, 0.29) is 24.2 Å². The molecule has 6 atom stereocenters. The monoisotopic (exact) mass is 316 g/mol. The van der Waals surface area contributed by atoms with E-state index in [2.05, 4.69) is 20.4 Å². The molecule has 1 aromatic rings. The zero-order valence-electron chi connectivity index (χ0n) is 13.5. The number of fused-ring (bicyclic) bond motifs is 2. The summed E-state index contributed by atoms with van der Waals surface area (Å²) in [5.41, 5.74) is 2.35. The van der Waals surface area contributed by atoms with E-state index in [9.17, 15) is 4.79 Å². The summed E-state index contributed by atoms with van der Waals surface area (Å²) in [7, 11) is 1.80. The van der Waals surface area contributed by atoms with Gasteiger partial charge < -0.3 is 15.0 Å². The van der Waals surface area contributed by atoms with Crippen LogP contribution < -0.4 is 5.32 Å². The van der Waals surface area contributed by atoms with Crippen molar-refractivity contribution in [1.29, 1.82) is 0 Å². The number of amides is 2. The summed E-state index contributed by atoms with van der Waals surface area (Å²) in [5.74, 6) is 2.01. The Kier molecular flexibility index (Phi) is 2.99. The Morgan fingerprint density at radius 2 is 2.35 bits per heavy atom. The fourth-order valence-electron chi connectivity index (χ4n) is 5.79. The van der Waals surface area contributed by atoms with Gasteiger partial charge in [0, 0.05) is 13.7 Å². The Morgan fingerprint density at radius 3 is 3.22 bits per heavy atom. The van der Waals surface area contributed by atoms with Crippen molar-refractivity contribution >= 4 is 6.03 Å². The van der Waals surface area contributed by atoms with E-state index >= 15 is 0 Å². The highest BCUT2D eigenvalue weighted by Gasteiger charge is 2.60. The number of H-pyrrole nitrogens is 1. The number of nitrogens with zero attached hydrogens (tertiary/aromatic N) is 2. The van der Waals surface area contributed by atoms with Gasteiger partial charge in [0.15, 0.2) is 0 Å². The van der Waals surface area contributed by atoms with Crippen molar-refractivity contribution in [2.75, 3.05) is 13.7 Å². The third-order valence-electron chi connectivity index (χ3n) is 6.69. The average Bonchev–Trinajstić information content (AvgIpc) is 3.26. The van der Waals surface area contributed by atoms with Crippen molar-refractivity contribution in [3.63, 3.8) is 0 Å². The van der Waals surface area contributed by atoms with E-state index in [4.69, 9.17) is 4.74 Å². The second-order valence-corrected chi connectivity index (χ2v) is 7.70. The SMILES string of the molecule is COC1C2CC3CN(C(=O)NC4CCCc5cn[nH]c54)C1C3C2. The largest absolute Gasteiger partial charge is 0.379 e. The van der Waals surface area contributed by atoms with Crippen LogP contribution in [0.3, 0.4) is 0 Å². The number of methoxy groups -OCH3 is 1. The molecule has 4 aliphatic rings. The normalized spacial score (nSPS) is 40.5. The molecule has 2 saturated carbocycles. The maximum atomic E-state index is 12.9. The minimum atomic E-state index is 0.0743. The Labute approximate surface area is 135 Å². The van der Waals surface area contributed by atoms with Crippen LogP contribution in [-0.4, -0.2) is 46.9 Å². The second kappa shape index (κ2) is 4.97. The fraction of sp³-hybridized carbons (Fsp3) is 0.765. The highest BCUT2D eigenvalue weighted by Crippen LogP contribution is 2.55. The van der Waals surface area contributed by atoms with Crippen molar-refractivity contribution < 1.29 is 9.53 Å². The number of ether oxygens (including phenoxy) is 1. The van der Waals surface area contributed by atoms with Gasteiger partial charge in [0.1, 0.15) is 0 Å². The van der Waals surface area contributed by atoms with Gasteiger partial charge in [-0.15, -0.1) is 0 Å². The summed E-state index contributed by atoms with van der Waals surface area (Å²) in [5, 5.41) is 10.5. The summed E-state index contributed by atoms with van der Waals surface area (Å²) in [4.78, 5) is 15.0. The molecule has 6 unspecified atom stereocenters. The molecule has 0 radical (unpaired) electrons. The van der Waals surface area contributed by atoms with Gasteiger partial charge in [-0.2, -0.15) is 5.10 Å². The zero-order chi connectivity index (χ0) is 15.6. The number of hydrogen-bond donors (Lipinski definition) is 2. The van der Waals surface area contributed by atoms with Crippen molar-refractivity contribution in [3.8, 4) is 0 Å². The lowest BCUT2D eigenvalue weighted by atomic mass is 9.88. The number of urea groups is 1. The molecule has 2 heterocycles. The summed E-state index contributed by atoms with van der Waals surface area (Å²) in [6.07, 6.45) is 7.76. The summed E-state index contributed by atoms with van der Waals surface area (Å²) in [6.45, 7) is 0.903. The van der Waals surface area contributed by atoms with E-state index < -0.39 is 0 Å². The van der Waals surface area contributed by atoms with E-state index in [1.807, 2.05) is 6.20 Å². The Balaban J connectivity index is 1.35. The van der Waals surface area contributed by atoms with Crippen LogP contribution >= 0.6 is 0 Å². The number of hydrogen-bond acceptors (Lipinski definition) is 3. The molecule has 3 aliphatic carbocycles. The molecule has 6 nitrogen and oxygen atoms in total. The summed E-state index contributed by atoms with van der Waals surface area (Å²) < 4.78 is 5.75. The lowest BCUT2D eigenvalue weighted by molar-refractivity contribution is 0.0186. The molecule has 2 N–H and O–H groups in total. The number of nitrogens with one attached hydrogen (secondary N) is 2. The minimum absolute atomic E-state index is 0.0743. The smallest absolute Gasteiger partial charge is 0.318 e. The number of aromatic nitrogens is 2. The van der Waals surface area contributed by atoms with Crippen molar-refractivity contribution in [1.82, 2.24) is 20.4 Å². The standard InChI is InChI=1S/C17H24N4O2/c1-23-16-10-5-11-8-21(15(16)12(11)6-10)17(22)19-13-4-2-3-9-7-18-20-14(9)13/h7,10-13,15-16H,2-6,8H2,1H3,(H,18,20)(H,19,22). The first kappa shape index (κ1) is 13.8. The zero-order valence-corrected chi connectivity index (χ0v) is 13.5. The van der Waals surface area contributed by atoms with Crippen LogP contribution in [0.15, 0.2) is 6.20 Å². The molecule has 3 fully saturated rings. The number of aryl methyl sites for hydroxylation is 1. The van der Waals surface area contributed by atoms with Gasteiger partial charge in [-0.1, -0.05) is 0 Å². The van der Waals surface area contributed by atoms with Crippen LogP contribution in [0.5, 0.6) is 0 Å². The molecule has 1 saturated heterocycles. The third-order valence-corrected chi connectivity index (χ3v) is 6.69. The predicted molar refractivity (Wildman–Crippen MR) is 83.8 cm³/mol. The fourth-order valence-corrected chi connectivity index (χ4v) is 5.79. The molecule has 0 spiro atoms. The molecule has 5 rings (SSSR count). The lowest BCUT2D eigenvalue weighted by Gasteiger charge is -2.33. The van der Waals surface area contributed by atoms with Gasteiger partial charge in [-0.05, 0) is 55.4 Å². The maximum absolute atomic E-state index is 12.9. The molecule has 6 heteroatoms. The second-order valence-electron chi connectivity index (χ2n) is 7.70. The Hall–Kier alpha value is -1.56. The van der Waals surface area contributed by atoms with Crippen molar-refractivity contribution in [2.45, 2.75) is 50.3 Å². The molecule has 1 aromatic heterocycles. The first-order valence-electron chi connectivity index (χ1n) is 8.88. The Bertz CT molecular complexity index is 628. The topological polar surface area (TPSA) is 70.2 Å². The number of carbonyl (C=O) groups is 1. The van der Waals surface area contributed by atoms with Crippen LogP contribution in [0.25, 0.3) is 0 Å². The molecular weight excluding hydrogens is 292 g/mol. The van der Waals surface area contributed by atoms with Crippen LogP contribution in [0.4, 0.5) is 4.79 Å². The van der Waals surface area contributed by atoms with Gasteiger partial charge in [0.2, 0.25) is 0 Å². The number of rotatable bonds is 2. The molecule has 2 amide bonds. The van der Waals surface area contributed by atoms with Crippen molar-refractivity contribution in [3.05, 3.63) is 17.5 Å². The van der Waals surface area contributed by atoms with Gasteiger partial charge in [0.05, 0.1) is 30.1 Å². The Morgan fingerprint density at radius 1 is 1.43 bits per heavy atom. The van der Waals surface area contributed by atoms with E-state index in [1.54, 1.807) is 7.11 Å². The van der Waals surface area contributed by atoms with Crippen LogP contribution in [-0.2, 0) is 11.2 Å². The average molecular weight is 316 g/mol. The van der Waals surface area contributed by atoms with E-state index in [0.717, 1.165) is 31.5 Å². The van der Waals surface area contributed by atoms with Gasteiger partial charge in [0.25, 0.3) is 0 Å². The maximum Gasteiger partial charge on any atom is 0.318 e. The first-order chi connectivity index (χ1) is 11.3. The third kappa shape index (κ3) is 1.90. The highest BCUT2D eigenvalue weighted by molar-refractivity contribution is 5.76. The predicted octanol–water partition coefficient (Wildman–Crippen LogP) is 1.85. The lowest BCUT2D eigenvalue weighted by Crippen LogP contribution is -2.49. The molecule has 23 heavy (non-hydrogen) atoms. The summed E-state index contributed by atoms with van der Waals surface area (Å²) in [6, 6.07) is 0.443. The van der Waals surface area contributed by atoms with E-state index in [1.165, 1.54) is 18.4 Å². The molecule has 1 aliphatic heterocycles. The van der Waals surface area contributed by atoms with Crippen LogP contribution in [0, 0.1) is 17.8 Å². The molecular formula is C17H24N4O2. The number of carbonyl (C=O) groups excluding carboxylic acids is 1.